The molecule has 0 aliphatic rings. The van der Waals surface area contributed by atoms with Gasteiger partial charge >= 0.3 is 11.9 Å². The third kappa shape index (κ3) is 7.21. The van der Waals surface area contributed by atoms with Gasteiger partial charge < -0.3 is 25.6 Å². The van der Waals surface area contributed by atoms with Crippen LogP contribution in [-0.4, -0.2) is 77.4 Å². The summed E-state index contributed by atoms with van der Waals surface area (Å²) in [5.41, 5.74) is 0. The Hall–Kier alpha value is -2.90. The Morgan fingerprint density at radius 1 is 0.828 bits per heavy atom. The van der Waals surface area contributed by atoms with Gasteiger partial charge in [0.2, 0.25) is 34.1 Å². The van der Waals surface area contributed by atoms with Crippen molar-refractivity contribution in [1.29, 1.82) is 0 Å². The zero-order valence-electron chi connectivity index (χ0n) is 15.1. The highest BCUT2D eigenvalue weighted by atomic mass is 35.5. The topological polar surface area (TPSA) is 185 Å². The molecule has 15 heteroatoms. The maximum Gasteiger partial charge on any atom is 0.374 e. The van der Waals surface area contributed by atoms with E-state index in [1.165, 1.54) is 0 Å². The molecular weight excluding hydrogens is 431 g/mol. The Morgan fingerprint density at radius 2 is 1.21 bits per heavy atom. The molecule has 13 nitrogen and oxygen atoms in total. The van der Waals surface area contributed by atoms with Crippen LogP contribution in [-0.2, 0) is 4.74 Å². The standard InChI is InChI=1S/C14H16Cl2N8O5/c1-5(17-13-21-7(9(25)26)19-11(15)23-13)3-29-4-6(2)18-14-22-8(10(27)28)20-12(16)24-14/h5-6H,3-4H2,1-2H3,(H,25,26)(H,27,28)(H,17,19,21,23)(H,18,20,22,24). The largest absolute Gasteiger partial charge is 0.475 e. The van der Waals surface area contributed by atoms with Gasteiger partial charge in [0.05, 0.1) is 13.2 Å². The molecule has 0 aromatic carbocycles. The maximum atomic E-state index is 10.9. The molecule has 0 saturated carbocycles. The molecule has 2 heterocycles. The van der Waals surface area contributed by atoms with E-state index in [1.54, 1.807) is 13.8 Å². The average molecular weight is 447 g/mol. The number of carbonyl (C=O) groups is 2. The second-order valence-electron chi connectivity index (χ2n) is 5.74. The third-order valence-electron chi connectivity index (χ3n) is 3.09. The van der Waals surface area contributed by atoms with Crippen LogP contribution in [0.15, 0.2) is 0 Å². The number of nitrogens with one attached hydrogen (secondary N) is 2. The summed E-state index contributed by atoms with van der Waals surface area (Å²) >= 11 is 11.3. The zero-order chi connectivity index (χ0) is 21.6. The quantitative estimate of drug-likeness (QED) is 0.406. The van der Waals surface area contributed by atoms with Gasteiger partial charge in [-0.3, -0.25) is 0 Å². The summed E-state index contributed by atoms with van der Waals surface area (Å²) < 4.78 is 5.55. The minimum atomic E-state index is -1.33. The molecule has 0 bridgehead atoms. The monoisotopic (exact) mass is 446 g/mol. The molecule has 2 unspecified atom stereocenters. The van der Waals surface area contributed by atoms with E-state index >= 15 is 0 Å². The summed E-state index contributed by atoms with van der Waals surface area (Å²) in [5, 5.41) is 23.1. The van der Waals surface area contributed by atoms with Crippen molar-refractivity contribution in [3.63, 3.8) is 0 Å². The molecule has 2 aromatic heterocycles. The van der Waals surface area contributed by atoms with Crippen LogP contribution in [0.1, 0.15) is 35.1 Å². The van der Waals surface area contributed by atoms with Crippen molar-refractivity contribution in [2.45, 2.75) is 25.9 Å². The minimum Gasteiger partial charge on any atom is -0.475 e. The first-order chi connectivity index (χ1) is 13.6. The lowest BCUT2D eigenvalue weighted by Gasteiger charge is -2.17. The Balaban J connectivity index is 1.83. The van der Waals surface area contributed by atoms with E-state index in [4.69, 9.17) is 38.2 Å². The van der Waals surface area contributed by atoms with Crippen molar-refractivity contribution in [3.8, 4) is 0 Å². The van der Waals surface area contributed by atoms with Gasteiger partial charge in [-0.15, -0.1) is 0 Å². The van der Waals surface area contributed by atoms with Gasteiger partial charge in [0.1, 0.15) is 0 Å². The zero-order valence-corrected chi connectivity index (χ0v) is 16.6. The van der Waals surface area contributed by atoms with Gasteiger partial charge in [0, 0.05) is 12.1 Å². The number of ether oxygens (including phenoxy) is 1. The van der Waals surface area contributed by atoms with E-state index in [9.17, 15) is 9.59 Å². The van der Waals surface area contributed by atoms with Crippen molar-refractivity contribution in [1.82, 2.24) is 29.9 Å². The van der Waals surface area contributed by atoms with E-state index in [2.05, 4.69) is 40.5 Å². The van der Waals surface area contributed by atoms with Crippen molar-refractivity contribution in [2.24, 2.45) is 0 Å². The Kier molecular flexibility index (Phi) is 7.75. The number of anilines is 2. The van der Waals surface area contributed by atoms with Crippen LogP contribution in [0.4, 0.5) is 11.9 Å². The van der Waals surface area contributed by atoms with Gasteiger partial charge in [0.15, 0.2) is 0 Å². The van der Waals surface area contributed by atoms with Crippen molar-refractivity contribution in [2.75, 3.05) is 23.8 Å². The van der Waals surface area contributed by atoms with Crippen molar-refractivity contribution >= 4 is 47.0 Å². The number of carboxylic acid groups (broad SMARTS) is 2. The smallest absolute Gasteiger partial charge is 0.374 e. The molecule has 2 aromatic rings. The lowest BCUT2D eigenvalue weighted by molar-refractivity contribution is 0.0673. The number of rotatable bonds is 10. The van der Waals surface area contributed by atoms with Gasteiger partial charge in [-0.25, -0.2) is 9.59 Å². The number of hydrogen-bond acceptors (Lipinski definition) is 11. The molecule has 0 aliphatic heterocycles. The Labute approximate surface area is 173 Å². The van der Waals surface area contributed by atoms with E-state index in [0.29, 0.717) is 0 Å². The second kappa shape index (κ2) is 10.0. The van der Waals surface area contributed by atoms with Crippen LogP contribution in [0.3, 0.4) is 0 Å². The Bertz CT molecular complexity index is 831. The van der Waals surface area contributed by atoms with Crippen molar-refractivity contribution < 1.29 is 24.5 Å². The van der Waals surface area contributed by atoms with Crippen molar-refractivity contribution in [3.05, 3.63) is 22.2 Å². The summed E-state index contributed by atoms with van der Waals surface area (Å²) in [7, 11) is 0. The van der Waals surface area contributed by atoms with E-state index in [-0.39, 0.29) is 47.8 Å². The molecule has 0 aliphatic carbocycles. The molecule has 29 heavy (non-hydrogen) atoms. The third-order valence-corrected chi connectivity index (χ3v) is 3.42. The summed E-state index contributed by atoms with van der Waals surface area (Å²) in [6, 6.07) is -0.569. The summed E-state index contributed by atoms with van der Waals surface area (Å²) in [4.78, 5) is 43.9. The van der Waals surface area contributed by atoms with Crippen LogP contribution in [0.2, 0.25) is 10.6 Å². The fourth-order valence-corrected chi connectivity index (χ4v) is 2.29. The van der Waals surface area contributed by atoms with Gasteiger partial charge in [-0.1, -0.05) is 0 Å². The highest BCUT2D eigenvalue weighted by Crippen LogP contribution is 2.09. The lowest BCUT2D eigenvalue weighted by atomic mass is 10.3. The van der Waals surface area contributed by atoms with Crippen LogP contribution in [0.25, 0.3) is 0 Å². The highest BCUT2D eigenvalue weighted by Gasteiger charge is 2.15. The molecule has 2 rings (SSSR count). The van der Waals surface area contributed by atoms with Crippen LogP contribution < -0.4 is 10.6 Å². The summed E-state index contributed by atoms with van der Waals surface area (Å²) in [6.45, 7) is 3.97. The number of carboxylic acids is 2. The normalized spacial score (nSPS) is 12.8. The molecule has 0 saturated heterocycles. The van der Waals surface area contributed by atoms with Gasteiger partial charge in [0.25, 0.3) is 0 Å². The Morgan fingerprint density at radius 3 is 1.55 bits per heavy atom. The average Bonchev–Trinajstić information content (AvgIpc) is 2.60. The van der Waals surface area contributed by atoms with E-state index in [0.717, 1.165) is 0 Å². The fourth-order valence-electron chi connectivity index (χ4n) is 1.97. The first-order valence-electron chi connectivity index (χ1n) is 8.04. The van der Waals surface area contributed by atoms with Crippen LogP contribution >= 0.6 is 23.2 Å². The molecule has 0 amide bonds. The SMILES string of the molecule is CC(COCC(C)Nc1nc(Cl)nc(C(=O)O)n1)Nc1nc(Cl)nc(C(=O)O)n1. The predicted octanol–water partition coefficient (Wildman–Crippen LogP) is 1.08. The first kappa shape index (κ1) is 22.4. The number of aromatic nitrogens is 6. The molecule has 156 valence electrons. The molecule has 0 radical (unpaired) electrons. The number of nitrogens with zero attached hydrogens (tertiary/aromatic N) is 6. The molecule has 2 atom stereocenters. The number of aromatic carboxylic acids is 2. The second-order valence-corrected chi connectivity index (χ2v) is 6.42. The van der Waals surface area contributed by atoms with Gasteiger partial charge in [-0.05, 0) is 37.0 Å². The predicted molar refractivity (Wildman–Crippen MR) is 101 cm³/mol. The summed E-state index contributed by atoms with van der Waals surface area (Å²) in [6.07, 6.45) is 0. The highest BCUT2D eigenvalue weighted by molar-refractivity contribution is 6.28. The molecule has 0 fully saturated rings. The number of hydrogen-bond donors (Lipinski definition) is 4. The fraction of sp³-hybridized carbons (Fsp3) is 0.429. The minimum absolute atomic E-state index is 0.00528. The van der Waals surface area contributed by atoms with Crippen LogP contribution in [0.5, 0.6) is 0 Å². The number of halogens is 2. The van der Waals surface area contributed by atoms with Crippen LogP contribution in [0, 0.1) is 0 Å². The van der Waals surface area contributed by atoms with E-state index in [1.807, 2.05) is 0 Å². The lowest BCUT2D eigenvalue weighted by Crippen LogP contribution is -2.29. The van der Waals surface area contributed by atoms with E-state index < -0.39 is 23.6 Å². The molecule has 0 spiro atoms. The summed E-state index contributed by atoms with van der Waals surface area (Å²) in [5.74, 6) is -3.60. The maximum absolute atomic E-state index is 10.9. The first-order valence-corrected chi connectivity index (χ1v) is 8.80. The van der Waals surface area contributed by atoms with Gasteiger partial charge in [-0.2, -0.15) is 29.9 Å². The molecular formula is C14H16Cl2N8O5. The molecule has 4 N–H and O–H groups in total.